The monoisotopic (exact) mass is 342 g/mol. The minimum absolute atomic E-state index is 0.0166. The molecular formula is C19H26N4O2. The zero-order chi connectivity index (χ0) is 18.2. The SMILES string of the molecule is CCCNC(=O)CN1CCC(Nc2cc(C#N)ccc2C(C)=O)CC1. The van der Waals surface area contributed by atoms with Gasteiger partial charge in [-0.25, -0.2) is 0 Å². The van der Waals surface area contributed by atoms with Gasteiger partial charge in [-0.1, -0.05) is 6.92 Å². The highest BCUT2D eigenvalue weighted by Crippen LogP contribution is 2.22. The van der Waals surface area contributed by atoms with Gasteiger partial charge in [0.1, 0.15) is 0 Å². The molecule has 0 bridgehead atoms. The summed E-state index contributed by atoms with van der Waals surface area (Å²) in [5, 5.41) is 15.4. The standard InChI is InChI=1S/C19H26N4O2/c1-3-8-21-19(25)13-23-9-6-16(7-10-23)22-18-11-15(12-20)4-5-17(18)14(2)24/h4-5,11,16,22H,3,6-10,13H2,1-2H3,(H,21,25). The average Bonchev–Trinajstić information content (AvgIpc) is 2.61. The zero-order valence-corrected chi connectivity index (χ0v) is 15.0. The normalized spacial score (nSPS) is 15.4. The van der Waals surface area contributed by atoms with Gasteiger partial charge in [0.2, 0.25) is 5.91 Å². The molecule has 2 N–H and O–H groups in total. The van der Waals surface area contributed by atoms with E-state index in [2.05, 4.69) is 21.6 Å². The predicted octanol–water partition coefficient (Wildman–Crippen LogP) is 2.16. The third-order valence-electron chi connectivity index (χ3n) is 4.41. The molecule has 1 fully saturated rings. The third-order valence-corrected chi connectivity index (χ3v) is 4.41. The molecule has 0 spiro atoms. The first-order chi connectivity index (χ1) is 12.0. The van der Waals surface area contributed by atoms with Crippen molar-refractivity contribution in [2.24, 2.45) is 0 Å². The van der Waals surface area contributed by atoms with Crippen molar-refractivity contribution in [1.82, 2.24) is 10.2 Å². The summed E-state index contributed by atoms with van der Waals surface area (Å²) in [6.07, 6.45) is 2.74. The van der Waals surface area contributed by atoms with E-state index >= 15 is 0 Å². The van der Waals surface area contributed by atoms with E-state index in [4.69, 9.17) is 5.26 Å². The van der Waals surface area contributed by atoms with Crippen LogP contribution in [0.3, 0.4) is 0 Å². The average molecular weight is 342 g/mol. The van der Waals surface area contributed by atoms with Crippen LogP contribution < -0.4 is 10.6 Å². The number of hydrogen-bond donors (Lipinski definition) is 2. The predicted molar refractivity (Wildman–Crippen MR) is 97.5 cm³/mol. The molecular weight excluding hydrogens is 316 g/mol. The number of ketones is 1. The topological polar surface area (TPSA) is 85.2 Å². The lowest BCUT2D eigenvalue weighted by molar-refractivity contribution is -0.122. The highest BCUT2D eigenvalue weighted by molar-refractivity contribution is 5.99. The number of anilines is 1. The summed E-state index contributed by atoms with van der Waals surface area (Å²) >= 11 is 0. The minimum atomic E-state index is -0.0166. The Balaban J connectivity index is 1.91. The number of rotatable bonds is 7. The molecule has 0 unspecified atom stereocenters. The van der Waals surface area contributed by atoms with Crippen LogP contribution in [0.5, 0.6) is 0 Å². The minimum Gasteiger partial charge on any atom is -0.382 e. The summed E-state index contributed by atoms with van der Waals surface area (Å²) < 4.78 is 0. The van der Waals surface area contributed by atoms with E-state index in [1.54, 1.807) is 18.2 Å². The second kappa shape index (κ2) is 9.19. The third kappa shape index (κ3) is 5.57. The number of hydrogen-bond acceptors (Lipinski definition) is 5. The lowest BCUT2D eigenvalue weighted by atomic mass is 10.0. The molecule has 1 saturated heterocycles. The number of likely N-dealkylation sites (tertiary alicyclic amines) is 1. The molecule has 6 heteroatoms. The molecule has 1 aliphatic heterocycles. The molecule has 134 valence electrons. The lowest BCUT2D eigenvalue weighted by Crippen LogP contribution is -2.44. The molecule has 2 rings (SSSR count). The van der Waals surface area contributed by atoms with Crippen molar-refractivity contribution in [3.05, 3.63) is 29.3 Å². The summed E-state index contributed by atoms with van der Waals surface area (Å²) in [7, 11) is 0. The quantitative estimate of drug-likeness (QED) is 0.742. The molecule has 1 heterocycles. The Morgan fingerprint density at radius 1 is 1.32 bits per heavy atom. The van der Waals surface area contributed by atoms with Crippen LogP contribution in [0.4, 0.5) is 5.69 Å². The Morgan fingerprint density at radius 2 is 2.04 bits per heavy atom. The van der Waals surface area contributed by atoms with Crippen molar-refractivity contribution in [2.45, 2.75) is 39.2 Å². The Hall–Kier alpha value is -2.39. The van der Waals surface area contributed by atoms with Crippen molar-refractivity contribution >= 4 is 17.4 Å². The molecule has 0 saturated carbocycles. The Morgan fingerprint density at radius 3 is 2.64 bits per heavy atom. The van der Waals surface area contributed by atoms with Crippen LogP contribution in [-0.2, 0) is 4.79 Å². The van der Waals surface area contributed by atoms with E-state index in [-0.39, 0.29) is 17.7 Å². The Labute approximate surface area is 149 Å². The van der Waals surface area contributed by atoms with Crippen LogP contribution in [0.25, 0.3) is 0 Å². The highest BCUT2D eigenvalue weighted by Gasteiger charge is 2.21. The van der Waals surface area contributed by atoms with Gasteiger partial charge in [-0.05, 0) is 44.4 Å². The lowest BCUT2D eigenvalue weighted by Gasteiger charge is -2.32. The Bertz CT molecular complexity index is 658. The summed E-state index contributed by atoms with van der Waals surface area (Å²) in [4.78, 5) is 25.7. The first-order valence-electron chi connectivity index (χ1n) is 8.84. The summed E-state index contributed by atoms with van der Waals surface area (Å²) in [5.74, 6) is 0.0610. The number of Topliss-reactive ketones (excluding diaryl/α,β-unsaturated/α-hetero) is 1. The largest absolute Gasteiger partial charge is 0.382 e. The first kappa shape index (κ1) is 18.9. The summed E-state index contributed by atoms with van der Waals surface area (Å²) in [6.45, 7) is 6.41. The molecule has 6 nitrogen and oxygen atoms in total. The van der Waals surface area contributed by atoms with Crippen molar-refractivity contribution in [1.29, 1.82) is 5.26 Å². The van der Waals surface area contributed by atoms with Crippen LogP contribution >= 0.6 is 0 Å². The molecule has 0 radical (unpaired) electrons. The van der Waals surface area contributed by atoms with E-state index in [0.29, 0.717) is 17.7 Å². The van der Waals surface area contributed by atoms with Gasteiger partial charge in [0.05, 0.1) is 18.2 Å². The second-order valence-corrected chi connectivity index (χ2v) is 6.47. The molecule has 1 amide bonds. The van der Waals surface area contributed by atoms with Crippen LogP contribution in [0.1, 0.15) is 49.0 Å². The van der Waals surface area contributed by atoms with Gasteiger partial charge in [-0.2, -0.15) is 5.26 Å². The summed E-state index contributed by atoms with van der Waals surface area (Å²) in [5.41, 5.74) is 1.88. The van der Waals surface area contributed by atoms with Crippen molar-refractivity contribution in [3.63, 3.8) is 0 Å². The number of nitrogens with one attached hydrogen (secondary N) is 2. The van der Waals surface area contributed by atoms with Gasteiger partial charge in [-0.3, -0.25) is 14.5 Å². The van der Waals surface area contributed by atoms with E-state index in [0.717, 1.165) is 44.6 Å². The summed E-state index contributed by atoms with van der Waals surface area (Å²) in [6, 6.07) is 7.46. The Kier molecular flexibility index (Phi) is 6.96. The van der Waals surface area contributed by atoms with E-state index in [1.807, 2.05) is 6.92 Å². The van der Waals surface area contributed by atoms with Gasteiger partial charge in [-0.15, -0.1) is 0 Å². The molecule has 0 atom stereocenters. The van der Waals surface area contributed by atoms with Crippen molar-refractivity contribution in [3.8, 4) is 6.07 Å². The number of benzene rings is 1. The molecule has 0 aromatic heterocycles. The number of carbonyl (C=O) groups excluding carboxylic acids is 2. The van der Waals surface area contributed by atoms with Crippen LogP contribution in [-0.4, -0.2) is 48.8 Å². The molecule has 1 aromatic carbocycles. The van der Waals surface area contributed by atoms with Crippen LogP contribution in [0, 0.1) is 11.3 Å². The van der Waals surface area contributed by atoms with Crippen LogP contribution in [0.2, 0.25) is 0 Å². The van der Waals surface area contributed by atoms with E-state index in [9.17, 15) is 9.59 Å². The van der Waals surface area contributed by atoms with Gasteiger partial charge in [0, 0.05) is 36.9 Å². The first-order valence-corrected chi connectivity index (χ1v) is 8.84. The van der Waals surface area contributed by atoms with Crippen molar-refractivity contribution in [2.75, 3.05) is 31.5 Å². The number of nitriles is 1. The van der Waals surface area contributed by atoms with Crippen molar-refractivity contribution < 1.29 is 9.59 Å². The maximum Gasteiger partial charge on any atom is 0.234 e. The maximum absolute atomic E-state index is 11.8. The fourth-order valence-electron chi connectivity index (χ4n) is 3.02. The van der Waals surface area contributed by atoms with Crippen LogP contribution in [0.15, 0.2) is 18.2 Å². The fourth-order valence-corrected chi connectivity index (χ4v) is 3.02. The number of carbonyl (C=O) groups is 2. The highest BCUT2D eigenvalue weighted by atomic mass is 16.2. The van der Waals surface area contributed by atoms with Gasteiger partial charge in [0.15, 0.2) is 5.78 Å². The number of amides is 1. The number of nitrogens with zero attached hydrogens (tertiary/aromatic N) is 2. The molecule has 25 heavy (non-hydrogen) atoms. The zero-order valence-electron chi connectivity index (χ0n) is 15.0. The van der Waals surface area contributed by atoms with Gasteiger partial charge < -0.3 is 10.6 Å². The fraction of sp³-hybridized carbons (Fsp3) is 0.526. The molecule has 0 aliphatic carbocycles. The molecule has 1 aliphatic rings. The van der Waals surface area contributed by atoms with E-state index in [1.165, 1.54) is 6.92 Å². The smallest absolute Gasteiger partial charge is 0.234 e. The maximum atomic E-state index is 11.8. The number of piperidine rings is 1. The molecule has 1 aromatic rings. The van der Waals surface area contributed by atoms with Gasteiger partial charge in [0.25, 0.3) is 0 Å². The van der Waals surface area contributed by atoms with E-state index < -0.39 is 0 Å². The second-order valence-electron chi connectivity index (χ2n) is 6.47. The van der Waals surface area contributed by atoms with Gasteiger partial charge >= 0.3 is 0 Å².